The van der Waals surface area contributed by atoms with Crippen molar-refractivity contribution in [1.82, 2.24) is 5.32 Å². The van der Waals surface area contributed by atoms with Gasteiger partial charge in [0.25, 0.3) is 5.91 Å². The number of rotatable bonds is 10. The minimum absolute atomic E-state index is 0.101. The highest BCUT2D eigenvalue weighted by Crippen LogP contribution is 2.36. The number of hydrogen-bond acceptors (Lipinski definition) is 7. The summed E-state index contributed by atoms with van der Waals surface area (Å²) in [4.78, 5) is 36.2. The Balaban J connectivity index is 2.79. The van der Waals surface area contributed by atoms with Crippen LogP contribution in [0.4, 0.5) is 0 Å². The molecular formula is C19H26ClNO7. The van der Waals surface area contributed by atoms with Crippen molar-refractivity contribution in [3.05, 3.63) is 22.7 Å². The van der Waals surface area contributed by atoms with Gasteiger partial charge in [-0.2, -0.15) is 0 Å². The average Bonchev–Trinajstić information content (AvgIpc) is 2.70. The Morgan fingerprint density at radius 1 is 1.18 bits per heavy atom. The summed E-state index contributed by atoms with van der Waals surface area (Å²) in [7, 11) is 2.66. The highest BCUT2D eigenvalue weighted by atomic mass is 35.5. The minimum Gasteiger partial charge on any atom is -0.493 e. The lowest BCUT2D eigenvalue weighted by Gasteiger charge is -2.21. The number of nitrogens with one attached hydrogen (secondary N) is 1. The second-order valence-corrected chi connectivity index (χ2v) is 6.36. The Labute approximate surface area is 169 Å². The third-order valence-corrected chi connectivity index (χ3v) is 4.35. The van der Waals surface area contributed by atoms with Crippen molar-refractivity contribution in [2.24, 2.45) is 5.92 Å². The molecule has 0 saturated carbocycles. The van der Waals surface area contributed by atoms with E-state index in [9.17, 15) is 14.4 Å². The number of methoxy groups -OCH3 is 2. The van der Waals surface area contributed by atoms with E-state index in [1.807, 2.05) is 13.8 Å². The van der Waals surface area contributed by atoms with E-state index < -0.39 is 30.5 Å². The molecule has 1 aromatic rings. The maximum atomic E-state index is 12.3. The lowest BCUT2D eigenvalue weighted by molar-refractivity contribution is -0.147. The summed E-state index contributed by atoms with van der Waals surface area (Å²) in [6.07, 6.45) is 0.657. The zero-order valence-electron chi connectivity index (χ0n) is 16.7. The first-order chi connectivity index (χ1) is 13.3. The molecule has 0 aliphatic heterocycles. The summed E-state index contributed by atoms with van der Waals surface area (Å²) in [6.45, 7) is 5.29. The number of esters is 2. The normalized spacial score (nSPS) is 12.5. The third-order valence-electron chi connectivity index (χ3n) is 4.07. The molecule has 1 N–H and O–H groups in total. The Morgan fingerprint density at radius 3 is 2.39 bits per heavy atom. The molecule has 2 atom stereocenters. The molecule has 1 amide bonds. The number of halogens is 1. The first-order valence-electron chi connectivity index (χ1n) is 8.83. The van der Waals surface area contributed by atoms with E-state index in [0.717, 1.165) is 0 Å². The number of amides is 1. The van der Waals surface area contributed by atoms with Crippen LogP contribution in [-0.2, 0) is 19.1 Å². The predicted molar refractivity (Wildman–Crippen MR) is 103 cm³/mol. The van der Waals surface area contributed by atoms with Crippen molar-refractivity contribution in [2.75, 3.05) is 27.4 Å². The maximum Gasteiger partial charge on any atom is 0.338 e. The molecule has 9 heteroatoms. The molecule has 0 aliphatic carbocycles. The smallest absolute Gasteiger partial charge is 0.338 e. The van der Waals surface area contributed by atoms with Crippen molar-refractivity contribution in [3.63, 3.8) is 0 Å². The molecule has 0 fully saturated rings. The van der Waals surface area contributed by atoms with Crippen LogP contribution in [0.25, 0.3) is 0 Å². The van der Waals surface area contributed by atoms with Crippen LogP contribution in [0.3, 0.4) is 0 Å². The second kappa shape index (κ2) is 11.4. The van der Waals surface area contributed by atoms with Gasteiger partial charge in [-0.05, 0) is 25.0 Å². The first kappa shape index (κ1) is 23.6. The third kappa shape index (κ3) is 6.30. The molecule has 0 radical (unpaired) electrons. The largest absolute Gasteiger partial charge is 0.493 e. The fourth-order valence-electron chi connectivity index (χ4n) is 2.35. The van der Waals surface area contributed by atoms with E-state index >= 15 is 0 Å². The van der Waals surface area contributed by atoms with Gasteiger partial charge in [0.1, 0.15) is 6.04 Å². The number of hydrogen-bond donors (Lipinski definition) is 1. The maximum absolute atomic E-state index is 12.3. The van der Waals surface area contributed by atoms with Crippen LogP contribution in [0.15, 0.2) is 12.1 Å². The van der Waals surface area contributed by atoms with Gasteiger partial charge in [-0.25, -0.2) is 9.59 Å². The number of ether oxygens (including phenoxy) is 4. The van der Waals surface area contributed by atoms with Crippen LogP contribution < -0.4 is 14.8 Å². The van der Waals surface area contributed by atoms with Gasteiger partial charge >= 0.3 is 11.9 Å². The van der Waals surface area contributed by atoms with Gasteiger partial charge in [-0.1, -0.05) is 31.9 Å². The summed E-state index contributed by atoms with van der Waals surface area (Å²) in [5, 5.41) is 2.70. The summed E-state index contributed by atoms with van der Waals surface area (Å²) in [5.74, 6) is -1.49. The van der Waals surface area contributed by atoms with Gasteiger partial charge < -0.3 is 24.3 Å². The lowest BCUT2D eigenvalue weighted by Crippen LogP contribution is -2.47. The van der Waals surface area contributed by atoms with E-state index in [1.165, 1.54) is 26.4 Å². The van der Waals surface area contributed by atoms with E-state index in [0.29, 0.717) is 18.8 Å². The predicted octanol–water partition coefficient (Wildman–Crippen LogP) is 2.61. The summed E-state index contributed by atoms with van der Waals surface area (Å²) in [5.41, 5.74) is 0.101. The summed E-state index contributed by atoms with van der Waals surface area (Å²) >= 11 is 6.13. The van der Waals surface area contributed by atoms with Crippen LogP contribution in [0, 0.1) is 5.92 Å². The molecule has 8 nitrogen and oxygen atoms in total. The topological polar surface area (TPSA) is 100 Å². The molecule has 1 rings (SSSR count). The Morgan fingerprint density at radius 2 is 1.86 bits per heavy atom. The molecule has 0 spiro atoms. The monoisotopic (exact) mass is 415 g/mol. The van der Waals surface area contributed by atoms with Gasteiger partial charge in [-0.3, -0.25) is 4.79 Å². The Bertz CT molecular complexity index is 708. The van der Waals surface area contributed by atoms with Crippen LogP contribution in [0.5, 0.6) is 11.5 Å². The number of carbonyl (C=O) groups is 3. The molecule has 0 aromatic heterocycles. The van der Waals surface area contributed by atoms with Crippen LogP contribution >= 0.6 is 11.6 Å². The van der Waals surface area contributed by atoms with E-state index in [2.05, 4.69) is 5.32 Å². The standard InChI is InChI=1S/C19H26ClNO7/c1-6-11(3)16(19(24)26-5)21-15(22)10-28-18(23)12-8-13(20)17(27-7-2)14(9-12)25-4/h8-9,11,16H,6-7,10H2,1-5H3,(H,21,22)/t11-,16-/m0/s1. The van der Waals surface area contributed by atoms with Crippen LogP contribution in [-0.4, -0.2) is 51.3 Å². The van der Waals surface area contributed by atoms with Gasteiger partial charge in [0.05, 0.1) is 31.4 Å². The van der Waals surface area contributed by atoms with Gasteiger partial charge in [0, 0.05) is 0 Å². The molecule has 0 saturated heterocycles. The summed E-state index contributed by atoms with van der Waals surface area (Å²) in [6, 6.07) is 1.96. The average molecular weight is 416 g/mol. The Kier molecular flexibility index (Phi) is 9.58. The molecular weight excluding hydrogens is 390 g/mol. The molecule has 1 aromatic carbocycles. The van der Waals surface area contributed by atoms with Crippen molar-refractivity contribution in [3.8, 4) is 11.5 Å². The number of benzene rings is 1. The number of carbonyl (C=O) groups excluding carboxylic acids is 3. The van der Waals surface area contributed by atoms with E-state index in [4.69, 9.17) is 30.5 Å². The van der Waals surface area contributed by atoms with Crippen molar-refractivity contribution < 1.29 is 33.3 Å². The first-order valence-corrected chi connectivity index (χ1v) is 9.21. The van der Waals surface area contributed by atoms with Gasteiger partial charge in [0.2, 0.25) is 0 Å². The molecule has 0 aliphatic rings. The van der Waals surface area contributed by atoms with E-state index in [-0.39, 0.29) is 22.3 Å². The zero-order chi connectivity index (χ0) is 21.3. The Hall–Kier alpha value is -2.48. The van der Waals surface area contributed by atoms with Crippen molar-refractivity contribution in [1.29, 1.82) is 0 Å². The zero-order valence-corrected chi connectivity index (χ0v) is 17.4. The molecule has 0 unspecified atom stereocenters. The second-order valence-electron chi connectivity index (χ2n) is 5.95. The molecule has 28 heavy (non-hydrogen) atoms. The highest BCUT2D eigenvalue weighted by molar-refractivity contribution is 6.32. The fourth-order valence-corrected chi connectivity index (χ4v) is 2.61. The fraction of sp³-hybridized carbons (Fsp3) is 0.526. The minimum atomic E-state index is -0.818. The SMILES string of the molecule is CCOc1c(Cl)cc(C(=O)OCC(=O)N[C@H](C(=O)OC)[C@@H](C)CC)cc1OC. The van der Waals surface area contributed by atoms with Crippen molar-refractivity contribution >= 4 is 29.4 Å². The van der Waals surface area contributed by atoms with Gasteiger partial charge in [0.15, 0.2) is 18.1 Å². The van der Waals surface area contributed by atoms with Crippen molar-refractivity contribution in [2.45, 2.75) is 33.2 Å². The lowest BCUT2D eigenvalue weighted by atomic mass is 9.99. The molecule has 156 valence electrons. The summed E-state index contributed by atoms with van der Waals surface area (Å²) < 4.78 is 20.3. The van der Waals surface area contributed by atoms with E-state index in [1.54, 1.807) is 6.92 Å². The van der Waals surface area contributed by atoms with Gasteiger partial charge in [-0.15, -0.1) is 0 Å². The quantitative estimate of drug-likeness (QED) is 0.586. The van der Waals surface area contributed by atoms with Crippen LogP contribution in [0.1, 0.15) is 37.6 Å². The molecule has 0 heterocycles. The highest BCUT2D eigenvalue weighted by Gasteiger charge is 2.27. The molecule has 0 bridgehead atoms. The van der Waals surface area contributed by atoms with Crippen LogP contribution in [0.2, 0.25) is 5.02 Å².